The molecule has 1 heterocycles. The van der Waals surface area contributed by atoms with E-state index in [4.69, 9.17) is 9.84 Å². The van der Waals surface area contributed by atoms with Crippen LogP contribution in [-0.4, -0.2) is 22.3 Å². The zero-order chi connectivity index (χ0) is 19.7. The van der Waals surface area contributed by atoms with E-state index in [9.17, 15) is 4.79 Å². The zero-order valence-electron chi connectivity index (χ0n) is 17.2. The van der Waals surface area contributed by atoms with Crippen molar-refractivity contribution in [2.24, 2.45) is 0 Å². The van der Waals surface area contributed by atoms with Gasteiger partial charge < -0.3 is 10.1 Å². The van der Waals surface area contributed by atoms with Gasteiger partial charge in [-0.1, -0.05) is 26.8 Å². The molecule has 0 aliphatic rings. The Kier molecular flexibility index (Phi) is 5.49. The van der Waals surface area contributed by atoms with Crippen LogP contribution in [0.2, 0.25) is 0 Å². The van der Waals surface area contributed by atoms with Crippen molar-refractivity contribution in [1.29, 1.82) is 0 Å². The summed E-state index contributed by atoms with van der Waals surface area (Å²) in [5.74, 6) is 1.19. The third-order valence-corrected chi connectivity index (χ3v) is 4.23. The van der Waals surface area contributed by atoms with Gasteiger partial charge in [-0.25, -0.2) is 4.68 Å². The molecule has 26 heavy (non-hydrogen) atoms. The van der Waals surface area contributed by atoms with Gasteiger partial charge >= 0.3 is 0 Å². The second-order valence-corrected chi connectivity index (χ2v) is 8.83. The van der Waals surface area contributed by atoms with Crippen molar-refractivity contribution in [2.75, 3.05) is 11.9 Å². The molecule has 1 aromatic carbocycles. The van der Waals surface area contributed by atoms with Gasteiger partial charge in [-0.15, -0.1) is 0 Å². The summed E-state index contributed by atoms with van der Waals surface area (Å²) >= 11 is 0. The monoisotopic (exact) mass is 357 g/mol. The molecular formula is C21H31N3O2. The molecule has 0 spiro atoms. The summed E-state index contributed by atoms with van der Waals surface area (Å²) in [6, 6.07) is 7.76. The molecule has 1 aromatic heterocycles. The molecule has 0 atom stereocenters. The predicted octanol–water partition coefficient (Wildman–Crippen LogP) is 4.57. The van der Waals surface area contributed by atoms with Gasteiger partial charge in [0.2, 0.25) is 0 Å². The molecule has 5 nitrogen and oxygen atoms in total. The highest BCUT2D eigenvalue weighted by molar-refractivity contribution is 5.91. The lowest BCUT2D eigenvalue weighted by Crippen LogP contribution is -2.28. The first kappa shape index (κ1) is 20.0. The van der Waals surface area contributed by atoms with E-state index in [0.29, 0.717) is 11.6 Å². The molecule has 0 aliphatic heterocycles. The number of hydrogen-bond donors (Lipinski definition) is 1. The average molecular weight is 357 g/mol. The van der Waals surface area contributed by atoms with E-state index in [1.807, 2.05) is 42.8 Å². The maximum atomic E-state index is 12.4. The van der Waals surface area contributed by atoms with Crippen molar-refractivity contribution in [2.45, 2.75) is 66.3 Å². The highest BCUT2D eigenvalue weighted by Gasteiger charge is 2.25. The fraction of sp³-hybridized carbons (Fsp3) is 0.524. The molecule has 0 aliphatic carbocycles. The lowest BCUT2D eigenvalue weighted by atomic mass is 9.92. The highest BCUT2D eigenvalue weighted by atomic mass is 16.5. The molecular weight excluding hydrogens is 326 g/mol. The molecule has 0 fully saturated rings. The van der Waals surface area contributed by atoms with Crippen molar-refractivity contribution in [1.82, 2.24) is 9.78 Å². The number of anilines is 1. The molecule has 0 saturated carbocycles. The van der Waals surface area contributed by atoms with Crippen LogP contribution < -0.4 is 10.1 Å². The number of hydrogen-bond acceptors (Lipinski definition) is 3. The summed E-state index contributed by atoms with van der Waals surface area (Å²) in [5, 5.41) is 7.65. The van der Waals surface area contributed by atoms with E-state index in [0.717, 1.165) is 11.3 Å². The molecule has 0 unspecified atom stereocenters. The fourth-order valence-electron chi connectivity index (χ4n) is 2.48. The first-order chi connectivity index (χ1) is 11.9. The molecule has 0 radical (unpaired) electrons. The van der Waals surface area contributed by atoms with Crippen molar-refractivity contribution < 1.29 is 9.53 Å². The van der Waals surface area contributed by atoms with Gasteiger partial charge in [0, 0.05) is 11.5 Å². The molecule has 142 valence electrons. The standard InChI is InChI=1S/C21H31N3O2/c1-14-9-10-16(11-15(14)2)26-13-19(25)22-18-12-17(20(3,4)5)23-24(18)21(6,7)8/h9-12H,13H2,1-8H3,(H,22,25). The second-order valence-electron chi connectivity index (χ2n) is 8.83. The lowest BCUT2D eigenvalue weighted by Gasteiger charge is -2.23. The van der Waals surface area contributed by atoms with Crippen LogP contribution in [-0.2, 0) is 15.7 Å². The number of benzene rings is 1. The quantitative estimate of drug-likeness (QED) is 0.872. The summed E-state index contributed by atoms with van der Waals surface area (Å²) in [4.78, 5) is 12.4. The summed E-state index contributed by atoms with van der Waals surface area (Å²) in [6.45, 7) is 16.5. The van der Waals surface area contributed by atoms with Crippen LogP contribution in [0.3, 0.4) is 0 Å². The number of amides is 1. The zero-order valence-corrected chi connectivity index (χ0v) is 17.2. The minimum absolute atomic E-state index is 0.0390. The van der Waals surface area contributed by atoms with E-state index in [2.05, 4.69) is 46.9 Å². The van der Waals surface area contributed by atoms with Gasteiger partial charge in [0.25, 0.3) is 5.91 Å². The minimum Gasteiger partial charge on any atom is -0.484 e. The Hall–Kier alpha value is -2.30. The third kappa shape index (κ3) is 4.87. The van der Waals surface area contributed by atoms with Gasteiger partial charge in [0.05, 0.1) is 11.2 Å². The largest absolute Gasteiger partial charge is 0.484 e. The highest BCUT2D eigenvalue weighted by Crippen LogP contribution is 2.28. The smallest absolute Gasteiger partial charge is 0.263 e. The van der Waals surface area contributed by atoms with Crippen LogP contribution in [0.5, 0.6) is 5.75 Å². The van der Waals surface area contributed by atoms with E-state index in [1.165, 1.54) is 5.56 Å². The van der Waals surface area contributed by atoms with E-state index >= 15 is 0 Å². The molecule has 0 saturated heterocycles. The van der Waals surface area contributed by atoms with Gasteiger partial charge in [-0.05, 0) is 57.9 Å². The number of carbonyl (C=O) groups is 1. The Morgan fingerprint density at radius 1 is 1.08 bits per heavy atom. The van der Waals surface area contributed by atoms with Crippen LogP contribution in [0.4, 0.5) is 5.82 Å². The minimum atomic E-state index is -0.235. The van der Waals surface area contributed by atoms with Gasteiger partial charge in [0.1, 0.15) is 11.6 Å². The van der Waals surface area contributed by atoms with Crippen molar-refractivity contribution in [3.8, 4) is 5.75 Å². The van der Waals surface area contributed by atoms with Crippen molar-refractivity contribution >= 4 is 11.7 Å². The van der Waals surface area contributed by atoms with Crippen molar-refractivity contribution in [3.05, 3.63) is 41.1 Å². The topological polar surface area (TPSA) is 56.1 Å². The normalized spacial score (nSPS) is 12.2. The summed E-state index contributed by atoms with van der Waals surface area (Å²) < 4.78 is 7.50. The Balaban J connectivity index is 2.12. The van der Waals surface area contributed by atoms with Gasteiger partial charge in [0.15, 0.2) is 6.61 Å². The first-order valence-corrected chi connectivity index (χ1v) is 8.99. The number of aromatic nitrogens is 2. The first-order valence-electron chi connectivity index (χ1n) is 8.99. The van der Waals surface area contributed by atoms with Crippen LogP contribution in [0.25, 0.3) is 0 Å². The maximum Gasteiger partial charge on any atom is 0.263 e. The SMILES string of the molecule is Cc1ccc(OCC(=O)Nc2cc(C(C)(C)C)nn2C(C)(C)C)cc1C. The Morgan fingerprint density at radius 2 is 1.73 bits per heavy atom. The molecule has 2 rings (SSSR count). The van der Waals surface area contributed by atoms with E-state index < -0.39 is 0 Å². The Bertz CT molecular complexity index is 793. The molecule has 1 N–H and O–H groups in total. The number of carbonyl (C=O) groups excluding carboxylic acids is 1. The van der Waals surface area contributed by atoms with Crippen molar-refractivity contribution in [3.63, 3.8) is 0 Å². The second kappa shape index (κ2) is 7.14. The molecule has 2 aromatic rings. The third-order valence-electron chi connectivity index (χ3n) is 4.23. The summed E-state index contributed by atoms with van der Waals surface area (Å²) in [6.07, 6.45) is 0. The number of aryl methyl sites for hydroxylation is 2. The number of nitrogens with zero attached hydrogens (tertiary/aromatic N) is 2. The molecule has 0 bridgehead atoms. The Morgan fingerprint density at radius 3 is 2.27 bits per heavy atom. The number of ether oxygens (including phenoxy) is 1. The lowest BCUT2D eigenvalue weighted by molar-refractivity contribution is -0.118. The van der Waals surface area contributed by atoms with E-state index in [1.54, 1.807) is 0 Å². The number of rotatable bonds is 4. The van der Waals surface area contributed by atoms with Crippen LogP contribution in [0, 0.1) is 13.8 Å². The van der Waals surface area contributed by atoms with Crippen LogP contribution in [0.1, 0.15) is 58.4 Å². The van der Waals surface area contributed by atoms with Crippen LogP contribution >= 0.6 is 0 Å². The average Bonchev–Trinajstić information content (AvgIpc) is 2.92. The fourth-order valence-corrected chi connectivity index (χ4v) is 2.48. The summed E-state index contributed by atoms with van der Waals surface area (Å²) in [5.41, 5.74) is 2.96. The number of nitrogens with one attached hydrogen (secondary N) is 1. The van der Waals surface area contributed by atoms with E-state index in [-0.39, 0.29) is 23.5 Å². The molecule has 5 heteroatoms. The Labute approximate surface area is 156 Å². The molecule has 1 amide bonds. The van der Waals surface area contributed by atoms with Gasteiger partial charge in [-0.2, -0.15) is 5.10 Å². The summed E-state index contributed by atoms with van der Waals surface area (Å²) in [7, 11) is 0. The predicted molar refractivity (Wildman–Crippen MR) is 106 cm³/mol. The maximum absolute atomic E-state index is 12.4. The van der Waals surface area contributed by atoms with Gasteiger partial charge in [-0.3, -0.25) is 4.79 Å². The van der Waals surface area contributed by atoms with Crippen LogP contribution in [0.15, 0.2) is 24.3 Å².